The zero-order valence-corrected chi connectivity index (χ0v) is 12.8. The van der Waals surface area contributed by atoms with Gasteiger partial charge in [-0.2, -0.15) is 0 Å². The van der Waals surface area contributed by atoms with E-state index in [-0.39, 0.29) is 11.9 Å². The zero-order chi connectivity index (χ0) is 14.7. The van der Waals surface area contributed by atoms with Gasteiger partial charge in [0.15, 0.2) is 0 Å². The summed E-state index contributed by atoms with van der Waals surface area (Å²) in [6.45, 7) is 0.427. The first-order valence-electron chi connectivity index (χ1n) is 8.46. The lowest BCUT2D eigenvalue weighted by molar-refractivity contribution is -0.122. The van der Waals surface area contributed by atoms with Gasteiger partial charge in [0.25, 0.3) is 0 Å². The smallest absolute Gasteiger partial charge is 0.240 e. The van der Waals surface area contributed by atoms with Gasteiger partial charge >= 0.3 is 0 Å². The molecule has 0 aromatic carbocycles. The van der Waals surface area contributed by atoms with Gasteiger partial charge < -0.3 is 15.6 Å². The minimum atomic E-state index is 0.141. The SMILES string of the molecule is NC1CCCc2cn(CC(=O)NC3CCCCCC3)cc21. The maximum atomic E-state index is 12.2. The average Bonchev–Trinajstić information content (AvgIpc) is 2.69. The highest BCUT2D eigenvalue weighted by atomic mass is 16.2. The van der Waals surface area contributed by atoms with E-state index < -0.39 is 0 Å². The molecule has 116 valence electrons. The number of carbonyl (C=O) groups is 1. The van der Waals surface area contributed by atoms with Crippen LogP contribution in [-0.4, -0.2) is 16.5 Å². The summed E-state index contributed by atoms with van der Waals surface area (Å²) in [6, 6.07) is 0.535. The van der Waals surface area contributed by atoms with Crippen molar-refractivity contribution < 1.29 is 4.79 Å². The minimum absolute atomic E-state index is 0.141. The molecule has 0 radical (unpaired) electrons. The number of rotatable bonds is 3. The Bertz CT molecular complexity index is 486. The number of aryl methyl sites for hydroxylation is 1. The van der Waals surface area contributed by atoms with E-state index in [2.05, 4.69) is 17.7 Å². The molecule has 1 fully saturated rings. The molecule has 3 rings (SSSR count). The second-order valence-electron chi connectivity index (χ2n) is 6.67. The van der Waals surface area contributed by atoms with Gasteiger partial charge in [-0.25, -0.2) is 0 Å². The summed E-state index contributed by atoms with van der Waals surface area (Å²) in [5.41, 5.74) is 8.71. The van der Waals surface area contributed by atoms with Gasteiger partial charge in [0.05, 0.1) is 0 Å². The summed E-state index contributed by atoms with van der Waals surface area (Å²) in [5.74, 6) is 0.141. The van der Waals surface area contributed by atoms with Crippen LogP contribution < -0.4 is 11.1 Å². The lowest BCUT2D eigenvalue weighted by atomic mass is 9.92. The number of fused-ring (bicyclic) bond motifs is 1. The van der Waals surface area contributed by atoms with Crippen molar-refractivity contribution in [2.75, 3.05) is 0 Å². The van der Waals surface area contributed by atoms with E-state index in [9.17, 15) is 4.79 Å². The van der Waals surface area contributed by atoms with Gasteiger partial charge in [-0.3, -0.25) is 4.79 Å². The topological polar surface area (TPSA) is 60.0 Å². The summed E-state index contributed by atoms with van der Waals surface area (Å²) >= 11 is 0. The molecule has 1 aromatic rings. The van der Waals surface area contributed by atoms with Crippen LogP contribution in [0, 0.1) is 0 Å². The standard InChI is InChI=1S/C17H27N3O/c18-16-9-5-6-13-10-20(11-15(13)16)12-17(21)19-14-7-3-1-2-4-8-14/h10-11,14,16H,1-9,12,18H2,(H,19,21). The van der Waals surface area contributed by atoms with E-state index in [0.29, 0.717) is 12.6 Å². The van der Waals surface area contributed by atoms with Crippen molar-refractivity contribution in [3.8, 4) is 0 Å². The molecule has 1 heterocycles. The van der Waals surface area contributed by atoms with Crippen LogP contribution in [-0.2, 0) is 17.8 Å². The van der Waals surface area contributed by atoms with Crippen LogP contribution in [0.5, 0.6) is 0 Å². The molecule has 4 nitrogen and oxygen atoms in total. The van der Waals surface area contributed by atoms with Crippen molar-refractivity contribution in [2.45, 2.75) is 76.4 Å². The molecular weight excluding hydrogens is 262 g/mol. The molecule has 21 heavy (non-hydrogen) atoms. The van der Waals surface area contributed by atoms with Gasteiger partial charge in [-0.05, 0) is 43.2 Å². The van der Waals surface area contributed by atoms with E-state index in [0.717, 1.165) is 32.1 Å². The number of nitrogens with one attached hydrogen (secondary N) is 1. The zero-order valence-electron chi connectivity index (χ0n) is 12.8. The Hall–Kier alpha value is -1.29. The highest BCUT2D eigenvalue weighted by Crippen LogP contribution is 2.28. The third-order valence-electron chi connectivity index (χ3n) is 4.90. The van der Waals surface area contributed by atoms with Crippen LogP contribution in [0.25, 0.3) is 0 Å². The molecule has 3 N–H and O–H groups in total. The van der Waals surface area contributed by atoms with Crippen molar-refractivity contribution in [1.82, 2.24) is 9.88 Å². The third-order valence-corrected chi connectivity index (χ3v) is 4.90. The molecule has 2 aliphatic carbocycles. The fourth-order valence-corrected chi connectivity index (χ4v) is 3.74. The van der Waals surface area contributed by atoms with E-state index in [1.54, 1.807) is 0 Å². The summed E-state index contributed by atoms with van der Waals surface area (Å²) in [6.07, 6.45) is 14.9. The van der Waals surface area contributed by atoms with Gasteiger partial charge in [-0.1, -0.05) is 25.7 Å². The first-order valence-corrected chi connectivity index (χ1v) is 8.46. The Balaban J connectivity index is 1.57. The Morgan fingerprint density at radius 1 is 1.14 bits per heavy atom. The highest BCUT2D eigenvalue weighted by molar-refractivity contribution is 5.76. The number of hydrogen-bond acceptors (Lipinski definition) is 2. The summed E-state index contributed by atoms with van der Waals surface area (Å²) in [4.78, 5) is 12.2. The van der Waals surface area contributed by atoms with Gasteiger partial charge in [0.1, 0.15) is 6.54 Å². The number of hydrogen-bond donors (Lipinski definition) is 2. The molecule has 4 heteroatoms. The first-order chi connectivity index (χ1) is 10.2. The van der Waals surface area contributed by atoms with E-state index in [4.69, 9.17) is 5.73 Å². The third kappa shape index (κ3) is 3.67. The molecule has 0 spiro atoms. The first kappa shape index (κ1) is 14.6. The summed E-state index contributed by atoms with van der Waals surface area (Å²) in [7, 11) is 0. The van der Waals surface area contributed by atoms with Crippen LogP contribution >= 0.6 is 0 Å². The van der Waals surface area contributed by atoms with Crippen molar-refractivity contribution in [2.24, 2.45) is 5.73 Å². The molecule has 1 atom stereocenters. The van der Waals surface area contributed by atoms with Crippen LogP contribution in [0.15, 0.2) is 12.4 Å². The predicted molar refractivity (Wildman–Crippen MR) is 83.9 cm³/mol. The number of nitrogens with two attached hydrogens (primary N) is 1. The second kappa shape index (κ2) is 6.65. The Kier molecular flexibility index (Phi) is 4.63. The maximum Gasteiger partial charge on any atom is 0.240 e. The minimum Gasteiger partial charge on any atom is -0.352 e. The maximum absolute atomic E-state index is 12.2. The van der Waals surface area contributed by atoms with Crippen LogP contribution in [0.2, 0.25) is 0 Å². The average molecular weight is 289 g/mol. The molecule has 1 amide bonds. The molecule has 1 aromatic heterocycles. The summed E-state index contributed by atoms with van der Waals surface area (Å²) < 4.78 is 2.02. The molecule has 0 bridgehead atoms. The number of carbonyl (C=O) groups excluding carboxylic acids is 1. The quantitative estimate of drug-likeness (QED) is 0.840. The molecule has 2 aliphatic rings. The van der Waals surface area contributed by atoms with E-state index >= 15 is 0 Å². The lowest BCUT2D eigenvalue weighted by Crippen LogP contribution is -2.36. The van der Waals surface area contributed by atoms with Gasteiger partial charge in [0, 0.05) is 24.5 Å². The van der Waals surface area contributed by atoms with Crippen molar-refractivity contribution >= 4 is 5.91 Å². The fourth-order valence-electron chi connectivity index (χ4n) is 3.74. The largest absolute Gasteiger partial charge is 0.352 e. The van der Waals surface area contributed by atoms with E-state index in [1.165, 1.54) is 36.8 Å². The van der Waals surface area contributed by atoms with E-state index in [1.807, 2.05) is 4.57 Å². The number of nitrogens with zero attached hydrogens (tertiary/aromatic N) is 1. The monoisotopic (exact) mass is 289 g/mol. The van der Waals surface area contributed by atoms with Crippen molar-refractivity contribution in [3.63, 3.8) is 0 Å². The van der Waals surface area contributed by atoms with Crippen LogP contribution in [0.4, 0.5) is 0 Å². The van der Waals surface area contributed by atoms with Crippen LogP contribution in [0.3, 0.4) is 0 Å². The van der Waals surface area contributed by atoms with Crippen molar-refractivity contribution in [1.29, 1.82) is 0 Å². The van der Waals surface area contributed by atoms with Crippen molar-refractivity contribution in [3.05, 3.63) is 23.5 Å². The second-order valence-corrected chi connectivity index (χ2v) is 6.67. The molecular formula is C17H27N3O. The predicted octanol–water partition coefficient (Wildman–Crippen LogP) is 2.66. The van der Waals surface area contributed by atoms with Gasteiger partial charge in [0.2, 0.25) is 5.91 Å². The summed E-state index contributed by atoms with van der Waals surface area (Å²) in [5, 5.41) is 3.21. The number of amides is 1. The molecule has 0 aliphatic heterocycles. The Morgan fingerprint density at radius 3 is 2.62 bits per heavy atom. The molecule has 0 saturated heterocycles. The van der Waals surface area contributed by atoms with Gasteiger partial charge in [-0.15, -0.1) is 0 Å². The normalized spacial score (nSPS) is 23.4. The lowest BCUT2D eigenvalue weighted by Gasteiger charge is -2.17. The highest BCUT2D eigenvalue weighted by Gasteiger charge is 2.20. The Labute approximate surface area is 127 Å². The Morgan fingerprint density at radius 2 is 1.90 bits per heavy atom. The fraction of sp³-hybridized carbons (Fsp3) is 0.706. The molecule has 1 unspecified atom stereocenters. The van der Waals surface area contributed by atoms with Crippen LogP contribution in [0.1, 0.15) is 68.5 Å². The molecule has 1 saturated carbocycles. The number of aromatic nitrogens is 1.